The van der Waals surface area contributed by atoms with Crippen LogP contribution >= 0.6 is 12.4 Å². The number of rotatable bonds is 5. The summed E-state index contributed by atoms with van der Waals surface area (Å²) in [7, 11) is -3.27. The summed E-state index contributed by atoms with van der Waals surface area (Å²) in [6, 6.07) is 6.16. The van der Waals surface area contributed by atoms with Crippen molar-refractivity contribution in [2.45, 2.75) is 55.2 Å². The molecule has 0 aliphatic heterocycles. The molecule has 7 heteroatoms. The molecule has 1 aliphatic carbocycles. The number of carbonyl (C=O) groups excluding carboxylic acids is 1. The molecule has 0 saturated heterocycles. The second-order valence-corrected chi connectivity index (χ2v) is 8.88. The Labute approximate surface area is 144 Å². The lowest BCUT2D eigenvalue weighted by molar-refractivity contribution is 0.0946. The van der Waals surface area contributed by atoms with Crippen molar-refractivity contribution in [2.75, 3.05) is 6.54 Å². The number of halogens is 1. The molecule has 0 bridgehead atoms. The van der Waals surface area contributed by atoms with Crippen molar-refractivity contribution >= 4 is 28.2 Å². The highest BCUT2D eigenvalue weighted by molar-refractivity contribution is 7.92. The lowest BCUT2D eigenvalue weighted by Gasteiger charge is -2.19. The molecule has 5 nitrogen and oxygen atoms in total. The summed E-state index contributed by atoms with van der Waals surface area (Å²) >= 11 is 0. The van der Waals surface area contributed by atoms with Gasteiger partial charge in [-0.25, -0.2) is 8.42 Å². The van der Waals surface area contributed by atoms with Crippen molar-refractivity contribution in [1.29, 1.82) is 0 Å². The molecule has 0 aromatic heterocycles. The average Bonchev–Trinajstić information content (AvgIpc) is 2.99. The maximum Gasteiger partial charge on any atom is 0.251 e. The number of hydrogen-bond acceptors (Lipinski definition) is 4. The number of hydrogen-bond donors (Lipinski definition) is 2. The van der Waals surface area contributed by atoms with Crippen molar-refractivity contribution in [1.82, 2.24) is 5.32 Å². The second-order valence-electron chi connectivity index (χ2n) is 6.65. The maximum atomic E-state index is 12.5. The summed E-state index contributed by atoms with van der Waals surface area (Å²) in [6.45, 7) is 4.00. The van der Waals surface area contributed by atoms with Crippen LogP contribution in [0.2, 0.25) is 0 Å². The van der Waals surface area contributed by atoms with Crippen LogP contribution in [0, 0.1) is 0 Å². The lowest BCUT2D eigenvalue weighted by atomic mass is 10.1. The Balaban J connectivity index is 0.00000264. The zero-order chi connectivity index (χ0) is 16.4. The van der Waals surface area contributed by atoms with Gasteiger partial charge in [0.2, 0.25) is 0 Å². The fraction of sp³-hybridized carbons (Fsp3) is 0.562. The van der Waals surface area contributed by atoms with Gasteiger partial charge in [-0.15, -0.1) is 12.4 Å². The molecular formula is C16H25ClN2O3S. The summed E-state index contributed by atoms with van der Waals surface area (Å²) < 4.78 is 24.9. The predicted molar refractivity (Wildman–Crippen MR) is 93.7 cm³/mol. The normalized spacial score (nSPS) is 16.0. The smallest absolute Gasteiger partial charge is 0.251 e. The molecule has 2 rings (SSSR count). The number of sulfone groups is 1. The van der Waals surface area contributed by atoms with Crippen LogP contribution in [0.25, 0.3) is 0 Å². The molecule has 0 atom stereocenters. The summed E-state index contributed by atoms with van der Waals surface area (Å²) in [4.78, 5) is 12.3. The van der Waals surface area contributed by atoms with E-state index >= 15 is 0 Å². The van der Waals surface area contributed by atoms with Gasteiger partial charge < -0.3 is 11.1 Å². The lowest BCUT2D eigenvalue weighted by Crippen LogP contribution is -2.45. The van der Waals surface area contributed by atoms with Crippen molar-refractivity contribution in [2.24, 2.45) is 5.73 Å². The Morgan fingerprint density at radius 2 is 1.74 bits per heavy atom. The number of nitrogens with two attached hydrogens (primary N) is 1. The second kappa shape index (κ2) is 7.64. The first-order valence-electron chi connectivity index (χ1n) is 7.61. The molecule has 1 saturated carbocycles. The van der Waals surface area contributed by atoms with Gasteiger partial charge >= 0.3 is 0 Å². The highest BCUT2D eigenvalue weighted by Crippen LogP contribution is 2.29. The van der Waals surface area contributed by atoms with Gasteiger partial charge in [-0.2, -0.15) is 0 Å². The molecule has 0 unspecified atom stereocenters. The largest absolute Gasteiger partial charge is 0.350 e. The molecule has 1 aromatic carbocycles. The first kappa shape index (κ1) is 19.9. The molecule has 130 valence electrons. The van der Waals surface area contributed by atoms with E-state index < -0.39 is 15.4 Å². The van der Waals surface area contributed by atoms with E-state index in [0.717, 1.165) is 25.7 Å². The fourth-order valence-corrected chi connectivity index (χ4v) is 4.45. The Kier molecular flexibility index (Phi) is 6.62. The highest BCUT2D eigenvalue weighted by atomic mass is 35.5. The standard InChI is InChI=1S/C16H24N2O3S.ClH/c1-16(2,17)11-18-15(19)12-7-9-14(10-8-12)22(20,21)13-5-3-4-6-13;/h7-10,13H,3-6,11,17H2,1-2H3,(H,18,19);1H. The van der Waals surface area contributed by atoms with Crippen molar-refractivity contribution in [3.63, 3.8) is 0 Å². The van der Waals surface area contributed by atoms with Gasteiger partial charge in [-0.05, 0) is 51.0 Å². The minimum absolute atomic E-state index is 0. The van der Waals surface area contributed by atoms with E-state index in [9.17, 15) is 13.2 Å². The topological polar surface area (TPSA) is 89.3 Å². The fourth-order valence-electron chi connectivity index (χ4n) is 2.60. The Morgan fingerprint density at radius 3 is 2.22 bits per heavy atom. The molecule has 0 heterocycles. The Bertz CT molecular complexity index is 630. The van der Waals surface area contributed by atoms with Crippen LogP contribution in [0.15, 0.2) is 29.2 Å². The third kappa shape index (κ3) is 5.19. The first-order valence-corrected chi connectivity index (χ1v) is 9.16. The predicted octanol–water partition coefficient (Wildman–Crippen LogP) is 2.29. The van der Waals surface area contributed by atoms with E-state index in [2.05, 4.69) is 5.32 Å². The van der Waals surface area contributed by atoms with Gasteiger partial charge in [0.25, 0.3) is 5.91 Å². The summed E-state index contributed by atoms with van der Waals surface area (Å²) in [5.41, 5.74) is 5.77. The molecule has 0 spiro atoms. The highest BCUT2D eigenvalue weighted by Gasteiger charge is 2.30. The van der Waals surface area contributed by atoms with Crippen LogP contribution in [-0.4, -0.2) is 31.7 Å². The van der Waals surface area contributed by atoms with Gasteiger partial charge in [0.05, 0.1) is 10.1 Å². The summed E-state index contributed by atoms with van der Waals surface area (Å²) in [5.74, 6) is -0.247. The third-order valence-corrected chi connectivity index (χ3v) is 6.17. The maximum absolute atomic E-state index is 12.5. The first-order chi connectivity index (χ1) is 10.2. The zero-order valence-corrected chi connectivity index (χ0v) is 15.2. The molecule has 1 amide bonds. The van der Waals surface area contributed by atoms with E-state index in [1.165, 1.54) is 12.1 Å². The minimum Gasteiger partial charge on any atom is -0.350 e. The van der Waals surface area contributed by atoms with E-state index in [1.54, 1.807) is 12.1 Å². The van der Waals surface area contributed by atoms with Crippen molar-refractivity contribution in [3.8, 4) is 0 Å². The third-order valence-electron chi connectivity index (χ3n) is 3.89. The van der Waals surface area contributed by atoms with Crippen LogP contribution in [-0.2, 0) is 9.84 Å². The van der Waals surface area contributed by atoms with Gasteiger partial charge in [0.1, 0.15) is 0 Å². The van der Waals surface area contributed by atoms with Crippen LogP contribution in [0.4, 0.5) is 0 Å². The van der Waals surface area contributed by atoms with E-state index in [-0.39, 0.29) is 23.6 Å². The average molecular weight is 361 g/mol. The Morgan fingerprint density at radius 1 is 1.22 bits per heavy atom. The van der Waals surface area contributed by atoms with Gasteiger partial charge in [-0.3, -0.25) is 4.79 Å². The van der Waals surface area contributed by atoms with Crippen LogP contribution in [0.5, 0.6) is 0 Å². The minimum atomic E-state index is -3.27. The van der Waals surface area contributed by atoms with Gasteiger partial charge in [0.15, 0.2) is 9.84 Å². The van der Waals surface area contributed by atoms with Crippen molar-refractivity contribution in [3.05, 3.63) is 29.8 Å². The van der Waals surface area contributed by atoms with Crippen molar-refractivity contribution < 1.29 is 13.2 Å². The quantitative estimate of drug-likeness (QED) is 0.843. The summed E-state index contributed by atoms with van der Waals surface area (Å²) in [5, 5.41) is 2.47. The molecule has 3 N–H and O–H groups in total. The summed E-state index contributed by atoms with van der Waals surface area (Å²) in [6.07, 6.45) is 3.41. The van der Waals surface area contributed by atoms with Gasteiger partial charge in [0, 0.05) is 17.6 Å². The Hall–Kier alpha value is -1.11. The molecule has 23 heavy (non-hydrogen) atoms. The number of amides is 1. The molecular weight excluding hydrogens is 336 g/mol. The number of nitrogens with one attached hydrogen (secondary N) is 1. The number of carbonyl (C=O) groups is 1. The zero-order valence-electron chi connectivity index (χ0n) is 13.5. The molecule has 1 fully saturated rings. The van der Waals surface area contributed by atoms with E-state index in [4.69, 9.17) is 5.73 Å². The van der Waals surface area contributed by atoms with Crippen LogP contribution in [0.1, 0.15) is 49.9 Å². The van der Waals surface area contributed by atoms with Gasteiger partial charge in [-0.1, -0.05) is 12.8 Å². The molecule has 1 aliphatic rings. The number of benzene rings is 1. The SMILES string of the molecule is CC(C)(N)CNC(=O)c1ccc(S(=O)(=O)C2CCCC2)cc1.Cl. The monoisotopic (exact) mass is 360 g/mol. The molecule has 1 aromatic rings. The van der Waals surface area contributed by atoms with E-state index in [1.807, 2.05) is 13.8 Å². The molecule has 0 radical (unpaired) electrons. The van der Waals surface area contributed by atoms with E-state index in [0.29, 0.717) is 17.0 Å². The van der Waals surface area contributed by atoms with Crippen LogP contribution < -0.4 is 11.1 Å². The van der Waals surface area contributed by atoms with Crippen LogP contribution in [0.3, 0.4) is 0 Å².